The molecule has 0 bridgehead atoms. The highest BCUT2D eigenvalue weighted by molar-refractivity contribution is 8.00. The molecule has 1 amide bonds. The number of benzene rings is 2. The second kappa shape index (κ2) is 11.5. The Balaban J connectivity index is 1.54. The molecule has 1 unspecified atom stereocenters. The zero-order chi connectivity index (χ0) is 27.7. The fraction of sp³-hybridized carbons (Fsp3) is 0.222. The number of thioether (sulfide) groups is 1. The predicted molar refractivity (Wildman–Crippen MR) is 154 cm³/mol. The topological polar surface area (TPSA) is 106 Å². The Labute approximate surface area is 242 Å². The first-order valence-electron chi connectivity index (χ1n) is 12.0. The van der Waals surface area contributed by atoms with Gasteiger partial charge >= 0.3 is 0 Å². The third-order valence-corrected chi connectivity index (χ3v) is 9.40. The molecule has 0 saturated heterocycles. The number of aromatic nitrogens is 3. The van der Waals surface area contributed by atoms with Crippen molar-refractivity contribution in [1.82, 2.24) is 15.2 Å². The Bertz CT molecular complexity index is 1580. The van der Waals surface area contributed by atoms with Crippen molar-refractivity contribution in [3.63, 3.8) is 0 Å². The Morgan fingerprint density at radius 1 is 1.13 bits per heavy atom. The zero-order valence-corrected chi connectivity index (χ0v) is 24.4. The molecule has 2 aromatic carbocycles. The van der Waals surface area contributed by atoms with Gasteiger partial charge in [-0.25, -0.2) is 4.98 Å². The summed E-state index contributed by atoms with van der Waals surface area (Å²) in [6.07, 6.45) is 0. The number of Topliss-reactive ketones (excluding diaryl/α,β-unsaturated/α-hetero) is 1. The molecule has 1 aliphatic heterocycles. The minimum Gasteiger partial charge on any atom is -0.503 e. The van der Waals surface area contributed by atoms with Gasteiger partial charge in [0.1, 0.15) is 11.8 Å². The van der Waals surface area contributed by atoms with Gasteiger partial charge in [0.25, 0.3) is 5.91 Å². The number of halogens is 1. The first-order chi connectivity index (χ1) is 18.8. The fourth-order valence-corrected chi connectivity index (χ4v) is 7.09. The van der Waals surface area contributed by atoms with Crippen LogP contribution in [-0.4, -0.2) is 38.6 Å². The van der Waals surface area contributed by atoms with E-state index in [9.17, 15) is 14.7 Å². The number of nitrogens with zero attached hydrogens (tertiary/aromatic N) is 4. The number of carbonyl (C=O) groups is 2. The van der Waals surface area contributed by atoms with Crippen LogP contribution in [0.3, 0.4) is 0 Å². The van der Waals surface area contributed by atoms with Crippen LogP contribution in [0.25, 0.3) is 0 Å². The predicted octanol–water partition coefficient (Wildman–Crippen LogP) is 6.74. The van der Waals surface area contributed by atoms with Gasteiger partial charge in [-0.2, -0.15) is 0 Å². The lowest BCUT2D eigenvalue weighted by molar-refractivity contribution is -0.117. The van der Waals surface area contributed by atoms with Gasteiger partial charge in [-0.3, -0.25) is 14.5 Å². The normalized spacial score (nSPS) is 15.3. The van der Waals surface area contributed by atoms with E-state index in [4.69, 9.17) is 16.3 Å². The van der Waals surface area contributed by atoms with E-state index in [1.54, 1.807) is 32.0 Å². The van der Waals surface area contributed by atoms with Gasteiger partial charge in [-0.05, 0) is 44.5 Å². The van der Waals surface area contributed by atoms with Gasteiger partial charge in [0, 0.05) is 16.3 Å². The molecule has 3 heterocycles. The molecule has 5 rings (SSSR count). The number of aliphatic hydroxyl groups excluding tert-OH is 1. The van der Waals surface area contributed by atoms with Crippen molar-refractivity contribution in [1.29, 1.82) is 0 Å². The second-order valence-corrected chi connectivity index (χ2v) is 12.4. The number of carbonyl (C=O) groups excluding carboxylic acids is 2. The molecule has 8 nitrogen and oxygen atoms in total. The first kappa shape index (κ1) is 27.3. The standard InChI is InChI=1S/C27H23ClN4O4S3/c1-4-36-19-8-6-5-7-18(19)21-20(22(33)24-14(2)29-15(3)38-24)23(34)25(35)32(21)26-30-31-27(39-26)37-13-16-9-11-17(28)12-10-16/h5-12,21,34H,4,13H2,1-3H3. The van der Waals surface area contributed by atoms with Crippen LogP contribution in [0, 0.1) is 13.8 Å². The van der Waals surface area contributed by atoms with Gasteiger partial charge in [-0.1, -0.05) is 65.0 Å². The summed E-state index contributed by atoms with van der Waals surface area (Å²) in [5.41, 5.74) is 2.13. The molecule has 2 aromatic heterocycles. The number of hydrogen-bond acceptors (Lipinski definition) is 10. The first-order valence-corrected chi connectivity index (χ1v) is 15.0. The number of aliphatic hydroxyl groups is 1. The van der Waals surface area contributed by atoms with Crippen molar-refractivity contribution in [2.24, 2.45) is 0 Å². The third-order valence-electron chi connectivity index (χ3n) is 5.95. The molecule has 1 atom stereocenters. The van der Waals surface area contributed by atoms with Crippen LogP contribution in [0.1, 0.15) is 44.5 Å². The SMILES string of the molecule is CCOc1ccccc1C1C(C(=O)c2sc(C)nc2C)=C(O)C(=O)N1c1nnc(SCc2ccc(Cl)cc2)s1. The quantitative estimate of drug-likeness (QED) is 0.128. The molecule has 0 spiro atoms. The summed E-state index contributed by atoms with van der Waals surface area (Å²) >= 11 is 9.89. The van der Waals surface area contributed by atoms with Crippen LogP contribution >= 0.6 is 46.0 Å². The van der Waals surface area contributed by atoms with E-state index < -0.39 is 23.5 Å². The van der Waals surface area contributed by atoms with Gasteiger partial charge in [0.2, 0.25) is 10.9 Å². The largest absolute Gasteiger partial charge is 0.503 e. The Hall–Kier alpha value is -3.25. The number of ketones is 1. The summed E-state index contributed by atoms with van der Waals surface area (Å²) in [5, 5.41) is 21.3. The minimum absolute atomic E-state index is 0.0375. The average Bonchev–Trinajstić information content (AvgIpc) is 3.59. The summed E-state index contributed by atoms with van der Waals surface area (Å²) in [6.45, 7) is 5.78. The number of hydrogen-bond donors (Lipinski definition) is 1. The van der Waals surface area contributed by atoms with E-state index in [1.807, 2.05) is 37.3 Å². The van der Waals surface area contributed by atoms with E-state index in [2.05, 4.69) is 15.2 Å². The summed E-state index contributed by atoms with van der Waals surface area (Å²) in [7, 11) is 0. The van der Waals surface area contributed by atoms with Gasteiger partial charge in [0.05, 0.1) is 27.8 Å². The highest BCUT2D eigenvalue weighted by Gasteiger charge is 2.47. The molecule has 1 aliphatic rings. The maximum atomic E-state index is 13.8. The molecule has 200 valence electrons. The second-order valence-electron chi connectivity index (χ2n) is 8.55. The summed E-state index contributed by atoms with van der Waals surface area (Å²) in [4.78, 5) is 33.5. The minimum atomic E-state index is -0.961. The molecule has 0 radical (unpaired) electrons. The van der Waals surface area contributed by atoms with Crippen molar-refractivity contribution >= 4 is 62.9 Å². The number of para-hydroxylation sites is 1. The lowest BCUT2D eigenvalue weighted by Crippen LogP contribution is -2.31. The van der Waals surface area contributed by atoms with E-state index in [0.717, 1.165) is 10.6 Å². The van der Waals surface area contributed by atoms with Crippen molar-refractivity contribution < 1.29 is 19.4 Å². The van der Waals surface area contributed by atoms with Crippen LogP contribution in [0.5, 0.6) is 5.75 Å². The molecular weight excluding hydrogens is 576 g/mol. The van der Waals surface area contributed by atoms with Gasteiger partial charge in [0.15, 0.2) is 10.1 Å². The number of amides is 1. The average molecular weight is 599 g/mol. The Morgan fingerprint density at radius 2 is 1.87 bits per heavy atom. The number of anilines is 1. The molecule has 0 fully saturated rings. The van der Waals surface area contributed by atoms with Crippen molar-refractivity contribution in [3.8, 4) is 5.75 Å². The monoisotopic (exact) mass is 598 g/mol. The summed E-state index contributed by atoms with van der Waals surface area (Å²) in [5.74, 6) is -0.661. The summed E-state index contributed by atoms with van der Waals surface area (Å²) in [6, 6.07) is 13.7. The maximum Gasteiger partial charge on any atom is 0.296 e. The van der Waals surface area contributed by atoms with Crippen molar-refractivity contribution in [2.45, 2.75) is 36.9 Å². The molecule has 1 N–H and O–H groups in total. The fourth-order valence-electron chi connectivity index (χ4n) is 4.27. The number of thiazole rings is 1. The zero-order valence-electron chi connectivity index (χ0n) is 21.2. The Kier molecular flexibility index (Phi) is 8.03. The highest BCUT2D eigenvalue weighted by Crippen LogP contribution is 2.46. The summed E-state index contributed by atoms with van der Waals surface area (Å²) < 4.78 is 6.49. The molecule has 4 aromatic rings. The molecule has 0 saturated carbocycles. The van der Waals surface area contributed by atoms with Crippen LogP contribution < -0.4 is 9.64 Å². The molecular formula is C27H23ClN4O4S3. The molecule has 12 heteroatoms. The molecule has 0 aliphatic carbocycles. The van der Waals surface area contributed by atoms with Crippen LogP contribution in [0.4, 0.5) is 5.13 Å². The molecule has 39 heavy (non-hydrogen) atoms. The maximum absolute atomic E-state index is 13.8. The smallest absolute Gasteiger partial charge is 0.296 e. The lowest BCUT2D eigenvalue weighted by Gasteiger charge is -2.25. The Morgan fingerprint density at radius 3 is 2.56 bits per heavy atom. The number of rotatable bonds is 9. The van der Waals surface area contributed by atoms with Gasteiger partial charge in [-0.15, -0.1) is 21.5 Å². The van der Waals surface area contributed by atoms with Crippen molar-refractivity contribution in [3.05, 3.63) is 91.6 Å². The number of aryl methyl sites for hydroxylation is 2. The van der Waals surface area contributed by atoms with E-state index in [0.29, 0.717) is 43.6 Å². The lowest BCUT2D eigenvalue weighted by atomic mass is 9.94. The van der Waals surface area contributed by atoms with Gasteiger partial charge < -0.3 is 9.84 Å². The van der Waals surface area contributed by atoms with Crippen molar-refractivity contribution in [2.75, 3.05) is 11.5 Å². The highest BCUT2D eigenvalue weighted by atomic mass is 35.5. The van der Waals surface area contributed by atoms with Crippen LogP contribution in [0.15, 0.2) is 64.2 Å². The number of ether oxygens (including phenoxy) is 1. The van der Waals surface area contributed by atoms with Crippen LogP contribution in [-0.2, 0) is 10.5 Å². The third kappa shape index (κ3) is 5.44. The van der Waals surface area contributed by atoms with E-state index in [1.165, 1.54) is 39.3 Å². The van der Waals surface area contributed by atoms with E-state index >= 15 is 0 Å². The van der Waals surface area contributed by atoms with E-state index in [-0.39, 0.29) is 10.7 Å². The van der Waals surface area contributed by atoms with Crippen LogP contribution in [0.2, 0.25) is 5.02 Å².